The minimum absolute atomic E-state index is 0.00209. The van der Waals surface area contributed by atoms with Crippen LogP contribution < -0.4 is 5.32 Å². The topological polar surface area (TPSA) is 55.9 Å². The molecule has 1 atom stereocenters. The largest absolute Gasteiger partial charge is 0.350 e. The zero-order valence-electron chi connectivity index (χ0n) is 16.0. The number of likely N-dealkylation sites (tertiary alicyclic amines) is 1. The van der Waals surface area contributed by atoms with Gasteiger partial charge in [-0.05, 0) is 50.7 Å². The summed E-state index contributed by atoms with van der Waals surface area (Å²) in [5.41, 5.74) is 1.00. The molecule has 2 aliphatic heterocycles. The number of halogens is 1. The molecule has 2 fully saturated rings. The lowest BCUT2D eigenvalue weighted by atomic mass is 10.1. The highest BCUT2D eigenvalue weighted by molar-refractivity contribution is 5.83. The van der Waals surface area contributed by atoms with Crippen LogP contribution in [-0.4, -0.2) is 85.4 Å². The van der Waals surface area contributed by atoms with Crippen LogP contribution >= 0.6 is 0 Å². The SMILES string of the molecule is CN1CCCN(CC(=O)NC2CC(=O)N(CCc3ccc(F)cc3)C2)CC1. The van der Waals surface area contributed by atoms with Crippen molar-refractivity contribution in [3.8, 4) is 0 Å². The minimum Gasteiger partial charge on any atom is -0.350 e. The number of likely N-dealkylation sites (N-methyl/N-ethyl adjacent to an activating group) is 1. The Morgan fingerprint density at radius 1 is 1.19 bits per heavy atom. The van der Waals surface area contributed by atoms with Crippen molar-refractivity contribution >= 4 is 11.8 Å². The number of nitrogens with one attached hydrogen (secondary N) is 1. The van der Waals surface area contributed by atoms with E-state index in [-0.39, 0.29) is 23.7 Å². The maximum atomic E-state index is 13.0. The zero-order chi connectivity index (χ0) is 19.2. The number of benzene rings is 1. The Morgan fingerprint density at radius 2 is 1.96 bits per heavy atom. The molecule has 1 aromatic rings. The molecule has 0 radical (unpaired) electrons. The standard InChI is InChI=1S/C20H29FN4O2/c1-23-8-2-9-24(12-11-23)15-19(26)22-18-13-20(27)25(14-18)10-7-16-3-5-17(21)6-4-16/h3-6,18H,2,7-15H2,1H3,(H,22,26). The van der Waals surface area contributed by atoms with Gasteiger partial charge in [-0.15, -0.1) is 0 Å². The molecule has 6 nitrogen and oxygen atoms in total. The van der Waals surface area contributed by atoms with Crippen LogP contribution in [0, 0.1) is 5.82 Å². The third kappa shape index (κ3) is 6.01. The third-order valence-corrected chi connectivity index (χ3v) is 5.34. The Bertz CT molecular complexity index is 652. The van der Waals surface area contributed by atoms with Gasteiger partial charge in [0.25, 0.3) is 0 Å². The van der Waals surface area contributed by atoms with Crippen molar-refractivity contribution in [2.24, 2.45) is 0 Å². The molecule has 0 aromatic heterocycles. The van der Waals surface area contributed by atoms with Gasteiger partial charge in [-0.1, -0.05) is 12.1 Å². The molecule has 0 aliphatic carbocycles. The van der Waals surface area contributed by atoms with E-state index in [1.54, 1.807) is 17.0 Å². The van der Waals surface area contributed by atoms with Gasteiger partial charge in [-0.2, -0.15) is 0 Å². The third-order valence-electron chi connectivity index (χ3n) is 5.34. The van der Waals surface area contributed by atoms with Gasteiger partial charge in [0.05, 0.1) is 12.6 Å². The van der Waals surface area contributed by atoms with E-state index in [1.165, 1.54) is 12.1 Å². The average Bonchev–Trinajstić information content (AvgIpc) is 2.84. The molecule has 148 valence electrons. The molecule has 3 rings (SSSR count). The van der Waals surface area contributed by atoms with Crippen molar-refractivity contribution in [1.82, 2.24) is 20.0 Å². The Hall–Kier alpha value is -1.99. The highest BCUT2D eigenvalue weighted by Gasteiger charge is 2.30. The van der Waals surface area contributed by atoms with Crippen molar-refractivity contribution in [3.05, 3.63) is 35.6 Å². The van der Waals surface area contributed by atoms with E-state index in [0.29, 0.717) is 32.5 Å². The van der Waals surface area contributed by atoms with Crippen LogP contribution in [0.4, 0.5) is 4.39 Å². The van der Waals surface area contributed by atoms with E-state index in [0.717, 1.165) is 38.2 Å². The second-order valence-electron chi connectivity index (χ2n) is 7.62. The lowest BCUT2D eigenvalue weighted by molar-refractivity contribution is -0.127. The van der Waals surface area contributed by atoms with Gasteiger partial charge in [0.2, 0.25) is 11.8 Å². The summed E-state index contributed by atoms with van der Waals surface area (Å²) in [5, 5.41) is 3.02. The molecule has 1 aromatic carbocycles. The van der Waals surface area contributed by atoms with Gasteiger partial charge in [-0.3, -0.25) is 14.5 Å². The summed E-state index contributed by atoms with van der Waals surface area (Å²) in [6.07, 6.45) is 2.12. The molecule has 2 heterocycles. The summed E-state index contributed by atoms with van der Waals surface area (Å²) < 4.78 is 13.0. The van der Waals surface area contributed by atoms with Gasteiger partial charge >= 0.3 is 0 Å². The van der Waals surface area contributed by atoms with E-state index >= 15 is 0 Å². The van der Waals surface area contributed by atoms with E-state index in [1.807, 2.05) is 0 Å². The molecule has 2 saturated heterocycles. The molecule has 27 heavy (non-hydrogen) atoms. The summed E-state index contributed by atoms with van der Waals surface area (Å²) in [6, 6.07) is 6.24. The van der Waals surface area contributed by atoms with E-state index in [2.05, 4.69) is 22.2 Å². The van der Waals surface area contributed by atoms with Crippen molar-refractivity contribution in [2.45, 2.75) is 25.3 Å². The highest BCUT2D eigenvalue weighted by atomic mass is 19.1. The molecular weight excluding hydrogens is 347 g/mol. The number of carbonyl (C=O) groups is 2. The van der Waals surface area contributed by atoms with Gasteiger partial charge < -0.3 is 15.1 Å². The van der Waals surface area contributed by atoms with Crippen molar-refractivity contribution < 1.29 is 14.0 Å². The van der Waals surface area contributed by atoms with Crippen LogP contribution in [-0.2, 0) is 16.0 Å². The summed E-state index contributed by atoms with van der Waals surface area (Å²) in [7, 11) is 2.11. The fourth-order valence-electron chi connectivity index (χ4n) is 3.73. The number of nitrogens with zero attached hydrogens (tertiary/aromatic N) is 3. The summed E-state index contributed by atoms with van der Waals surface area (Å²) in [4.78, 5) is 30.8. The van der Waals surface area contributed by atoms with Crippen LogP contribution in [0.2, 0.25) is 0 Å². The molecule has 2 amide bonds. The molecule has 0 bridgehead atoms. The molecular formula is C20H29FN4O2. The second kappa shape index (κ2) is 9.28. The van der Waals surface area contributed by atoms with Crippen molar-refractivity contribution in [2.75, 3.05) is 52.9 Å². The molecule has 1 N–H and O–H groups in total. The Balaban J connectivity index is 1.41. The van der Waals surface area contributed by atoms with Crippen LogP contribution in [0.15, 0.2) is 24.3 Å². The fourth-order valence-corrected chi connectivity index (χ4v) is 3.73. The monoisotopic (exact) mass is 376 g/mol. The maximum Gasteiger partial charge on any atom is 0.234 e. The first-order valence-corrected chi connectivity index (χ1v) is 9.72. The predicted octanol–water partition coefficient (Wildman–Crippen LogP) is 0.723. The van der Waals surface area contributed by atoms with Gasteiger partial charge in [-0.25, -0.2) is 4.39 Å². The summed E-state index contributed by atoms with van der Waals surface area (Å²) >= 11 is 0. The Morgan fingerprint density at radius 3 is 2.74 bits per heavy atom. The number of carbonyl (C=O) groups excluding carboxylic acids is 2. The molecule has 1 unspecified atom stereocenters. The first-order chi connectivity index (χ1) is 13.0. The van der Waals surface area contributed by atoms with Crippen LogP contribution in [0.1, 0.15) is 18.4 Å². The first kappa shape index (κ1) is 19.8. The Labute approximate surface area is 160 Å². The average molecular weight is 376 g/mol. The zero-order valence-corrected chi connectivity index (χ0v) is 16.0. The van der Waals surface area contributed by atoms with Crippen molar-refractivity contribution in [1.29, 1.82) is 0 Å². The normalized spacial score (nSPS) is 22.1. The first-order valence-electron chi connectivity index (χ1n) is 9.72. The molecule has 0 saturated carbocycles. The maximum absolute atomic E-state index is 13.0. The van der Waals surface area contributed by atoms with Crippen LogP contribution in [0.5, 0.6) is 0 Å². The molecule has 2 aliphatic rings. The van der Waals surface area contributed by atoms with Gasteiger partial charge in [0.15, 0.2) is 0 Å². The Kier molecular flexibility index (Phi) is 6.79. The van der Waals surface area contributed by atoms with E-state index < -0.39 is 0 Å². The molecule has 0 spiro atoms. The number of amides is 2. The van der Waals surface area contributed by atoms with Crippen molar-refractivity contribution in [3.63, 3.8) is 0 Å². The van der Waals surface area contributed by atoms with Crippen LogP contribution in [0.25, 0.3) is 0 Å². The lowest BCUT2D eigenvalue weighted by Gasteiger charge is -2.21. The summed E-state index contributed by atoms with van der Waals surface area (Å²) in [5.74, 6) is -0.189. The van der Waals surface area contributed by atoms with Gasteiger partial charge in [0, 0.05) is 32.6 Å². The van der Waals surface area contributed by atoms with Crippen LogP contribution in [0.3, 0.4) is 0 Å². The van der Waals surface area contributed by atoms with E-state index in [4.69, 9.17) is 0 Å². The smallest absolute Gasteiger partial charge is 0.234 e. The predicted molar refractivity (Wildman–Crippen MR) is 102 cm³/mol. The van der Waals surface area contributed by atoms with Gasteiger partial charge in [0.1, 0.15) is 5.82 Å². The lowest BCUT2D eigenvalue weighted by Crippen LogP contribution is -2.44. The molecule has 7 heteroatoms. The van der Waals surface area contributed by atoms with E-state index in [9.17, 15) is 14.0 Å². The highest BCUT2D eigenvalue weighted by Crippen LogP contribution is 2.13. The fraction of sp³-hybridized carbons (Fsp3) is 0.600. The number of hydrogen-bond acceptors (Lipinski definition) is 4. The minimum atomic E-state index is -0.255. The summed E-state index contributed by atoms with van der Waals surface area (Å²) in [6.45, 7) is 5.42. The second-order valence-corrected chi connectivity index (χ2v) is 7.62. The quantitative estimate of drug-likeness (QED) is 0.795. The number of rotatable bonds is 6. The number of hydrogen-bond donors (Lipinski definition) is 1.